The monoisotopic (exact) mass is 522 g/mol. The highest BCUT2D eigenvalue weighted by Gasteiger charge is 2.13. The van der Waals surface area contributed by atoms with Gasteiger partial charge in [0.1, 0.15) is 0 Å². The lowest BCUT2D eigenvalue weighted by atomic mass is 10.2. The van der Waals surface area contributed by atoms with Gasteiger partial charge in [-0.3, -0.25) is 4.68 Å². The van der Waals surface area contributed by atoms with Crippen LogP contribution in [0.25, 0.3) is 0 Å². The van der Waals surface area contributed by atoms with Gasteiger partial charge in [-0.2, -0.15) is 5.10 Å². The minimum absolute atomic E-state index is 0. The fraction of sp³-hybridized carbons (Fsp3) is 0.579. The molecule has 28 heavy (non-hydrogen) atoms. The van der Waals surface area contributed by atoms with E-state index in [9.17, 15) is 0 Å². The Labute approximate surface area is 190 Å². The van der Waals surface area contributed by atoms with E-state index in [2.05, 4.69) is 29.2 Å². The molecule has 0 spiro atoms. The maximum atomic E-state index is 6.10. The van der Waals surface area contributed by atoms with Gasteiger partial charge < -0.3 is 19.5 Å². The number of aryl methyl sites for hydroxylation is 2. The highest BCUT2D eigenvalue weighted by atomic mass is 127. The zero-order valence-electron chi connectivity index (χ0n) is 17.6. The van der Waals surface area contributed by atoms with E-state index < -0.39 is 0 Å². The molecule has 2 heterocycles. The molecule has 0 aliphatic rings. The number of ether oxygens (including phenoxy) is 1. The van der Waals surface area contributed by atoms with Crippen LogP contribution in [0.15, 0.2) is 17.3 Å². The van der Waals surface area contributed by atoms with Crippen molar-refractivity contribution in [1.82, 2.24) is 24.6 Å². The third-order valence-electron chi connectivity index (χ3n) is 4.60. The molecule has 2 aromatic heterocycles. The molecule has 2 aromatic rings. The molecule has 2 rings (SSSR count). The lowest BCUT2D eigenvalue weighted by Crippen LogP contribution is -2.38. The largest absolute Gasteiger partial charge is 0.383 e. The first-order chi connectivity index (χ1) is 12.9. The van der Waals surface area contributed by atoms with Gasteiger partial charge in [0.15, 0.2) is 5.96 Å². The molecule has 0 aromatic carbocycles. The van der Waals surface area contributed by atoms with Crippen LogP contribution >= 0.6 is 35.6 Å². The minimum atomic E-state index is 0. The van der Waals surface area contributed by atoms with Crippen molar-refractivity contribution in [1.29, 1.82) is 0 Å². The molecule has 0 saturated carbocycles. The fourth-order valence-electron chi connectivity index (χ4n) is 3.02. The molecular weight excluding hydrogens is 491 g/mol. The van der Waals surface area contributed by atoms with Gasteiger partial charge in [0.2, 0.25) is 0 Å². The van der Waals surface area contributed by atoms with Crippen LogP contribution in [0.5, 0.6) is 0 Å². The van der Waals surface area contributed by atoms with Crippen molar-refractivity contribution in [3.05, 3.63) is 39.9 Å². The molecule has 0 atom stereocenters. The number of aliphatic imine (C=N–C) groups is 1. The number of nitrogens with one attached hydrogen (secondary N) is 1. The molecule has 1 N–H and O–H groups in total. The summed E-state index contributed by atoms with van der Waals surface area (Å²) in [5, 5.41) is 8.73. The predicted octanol–water partition coefficient (Wildman–Crippen LogP) is 3.35. The lowest BCUT2D eigenvalue weighted by molar-refractivity contribution is 0.182. The summed E-state index contributed by atoms with van der Waals surface area (Å²) in [7, 11) is 5.74. The van der Waals surface area contributed by atoms with Gasteiger partial charge in [-0.15, -0.1) is 24.0 Å². The van der Waals surface area contributed by atoms with E-state index in [-0.39, 0.29) is 24.0 Å². The average Bonchev–Trinajstić information content (AvgIpc) is 3.07. The molecule has 0 aliphatic heterocycles. The van der Waals surface area contributed by atoms with E-state index in [1.54, 1.807) is 7.11 Å². The number of hydrogen-bond donors (Lipinski definition) is 1. The Balaban J connectivity index is 0.00000392. The van der Waals surface area contributed by atoms with Crippen molar-refractivity contribution in [2.24, 2.45) is 12.0 Å². The van der Waals surface area contributed by atoms with Gasteiger partial charge in [0, 0.05) is 50.9 Å². The van der Waals surface area contributed by atoms with Crippen LogP contribution < -0.4 is 5.32 Å². The molecule has 0 aliphatic carbocycles. The second kappa shape index (κ2) is 11.7. The van der Waals surface area contributed by atoms with Crippen molar-refractivity contribution in [2.45, 2.75) is 40.4 Å². The highest BCUT2D eigenvalue weighted by molar-refractivity contribution is 14.0. The normalized spacial score (nSPS) is 11.5. The summed E-state index contributed by atoms with van der Waals surface area (Å²) >= 11 is 6.10. The first-order valence-corrected chi connectivity index (χ1v) is 9.57. The zero-order valence-corrected chi connectivity index (χ0v) is 20.7. The van der Waals surface area contributed by atoms with Crippen LogP contribution in [0.1, 0.15) is 29.6 Å². The third-order valence-corrected chi connectivity index (χ3v) is 4.80. The Morgan fingerprint density at radius 1 is 1.39 bits per heavy atom. The molecule has 0 saturated heterocycles. The Morgan fingerprint density at radius 2 is 2.11 bits per heavy atom. The maximum Gasteiger partial charge on any atom is 0.194 e. The van der Waals surface area contributed by atoms with Crippen LogP contribution in [0.2, 0.25) is 5.02 Å². The number of aromatic nitrogens is 3. The number of halogens is 2. The molecule has 0 unspecified atom stereocenters. The first-order valence-electron chi connectivity index (χ1n) is 9.19. The summed E-state index contributed by atoms with van der Waals surface area (Å²) in [6.07, 6.45) is 1.91. The zero-order chi connectivity index (χ0) is 20.0. The highest BCUT2D eigenvalue weighted by Crippen LogP contribution is 2.16. The van der Waals surface area contributed by atoms with Gasteiger partial charge in [0.25, 0.3) is 0 Å². The van der Waals surface area contributed by atoms with Crippen molar-refractivity contribution >= 4 is 41.5 Å². The summed E-state index contributed by atoms with van der Waals surface area (Å²) < 4.78 is 9.19. The Morgan fingerprint density at radius 3 is 2.68 bits per heavy atom. The van der Waals surface area contributed by atoms with Gasteiger partial charge in [-0.05, 0) is 26.8 Å². The molecular formula is C19H32ClIN6O. The summed E-state index contributed by atoms with van der Waals surface area (Å²) in [6, 6.07) is 1.98. The summed E-state index contributed by atoms with van der Waals surface area (Å²) in [5.41, 5.74) is 4.45. The molecule has 158 valence electrons. The van der Waals surface area contributed by atoms with Gasteiger partial charge in [0.05, 0.1) is 37.0 Å². The van der Waals surface area contributed by atoms with Gasteiger partial charge in [-0.1, -0.05) is 11.6 Å². The second-order valence-corrected chi connectivity index (χ2v) is 7.09. The summed E-state index contributed by atoms with van der Waals surface area (Å²) in [5.74, 6) is 0.860. The number of rotatable bonds is 8. The van der Waals surface area contributed by atoms with Gasteiger partial charge in [-0.25, -0.2) is 4.99 Å². The van der Waals surface area contributed by atoms with Crippen molar-refractivity contribution in [3.8, 4) is 0 Å². The maximum absolute atomic E-state index is 6.10. The minimum Gasteiger partial charge on any atom is -0.383 e. The van der Waals surface area contributed by atoms with E-state index in [1.165, 1.54) is 0 Å². The lowest BCUT2D eigenvalue weighted by Gasteiger charge is -2.22. The Kier molecular flexibility index (Phi) is 10.3. The van der Waals surface area contributed by atoms with Crippen molar-refractivity contribution in [2.75, 3.05) is 27.3 Å². The van der Waals surface area contributed by atoms with Crippen molar-refractivity contribution in [3.63, 3.8) is 0 Å². The van der Waals surface area contributed by atoms with Crippen molar-refractivity contribution < 1.29 is 4.74 Å². The smallest absolute Gasteiger partial charge is 0.194 e. The molecule has 7 nitrogen and oxygen atoms in total. The molecule has 0 amide bonds. The van der Waals surface area contributed by atoms with E-state index in [0.717, 1.165) is 53.3 Å². The summed E-state index contributed by atoms with van der Waals surface area (Å²) in [4.78, 5) is 6.94. The van der Waals surface area contributed by atoms with Crippen LogP contribution in [-0.2, 0) is 31.4 Å². The van der Waals surface area contributed by atoms with Gasteiger partial charge >= 0.3 is 0 Å². The quantitative estimate of drug-likeness (QED) is 0.328. The Bertz CT molecular complexity index is 786. The van der Waals surface area contributed by atoms with E-state index >= 15 is 0 Å². The molecule has 0 radical (unpaired) electrons. The topological polar surface area (TPSA) is 59.6 Å². The molecule has 9 heteroatoms. The average molecular weight is 523 g/mol. The van der Waals surface area contributed by atoms with E-state index in [0.29, 0.717) is 13.2 Å². The first kappa shape index (κ1) is 24.8. The number of methoxy groups -OCH3 is 1. The van der Waals surface area contributed by atoms with Crippen LogP contribution in [-0.4, -0.2) is 52.5 Å². The van der Waals surface area contributed by atoms with Crippen LogP contribution in [0, 0.1) is 13.8 Å². The summed E-state index contributed by atoms with van der Waals surface area (Å²) in [6.45, 7) is 9.71. The number of hydrogen-bond acceptors (Lipinski definition) is 3. The number of nitrogens with zero attached hydrogens (tertiary/aromatic N) is 5. The number of guanidine groups is 1. The van der Waals surface area contributed by atoms with Crippen LogP contribution in [0.4, 0.5) is 0 Å². The van der Waals surface area contributed by atoms with E-state index in [1.807, 2.05) is 42.5 Å². The second-order valence-electron chi connectivity index (χ2n) is 6.65. The molecule has 0 fully saturated rings. The van der Waals surface area contributed by atoms with Crippen LogP contribution in [0.3, 0.4) is 0 Å². The van der Waals surface area contributed by atoms with E-state index in [4.69, 9.17) is 21.3 Å². The Hall–Kier alpha value is -1.26. The predicted molar refractivity (Wildman–Crippen MR) is 126 cm³/mol. The standard InChI is InChI=1S/C19H31ClN6O.HI/c1-7-21-19(25(5)13-17-10-16(20)12-24(17)4)22-11-18-14(2)23-26(15(18)3)8-9-27-6;/h10,12H,7-9,11,13H2,1-6H3,(H,21,22);1H. The molecule has 0 bridgehead atoms. The third kappa shape index (κ3) is 6.38. The fourth-order valence-corrected chi connectivity index (χ4v) is 3.30. The SMILES string of the molecule is CCNC(=NCc1c(C)nn(CCOC)c1C)N(C)Cc1cc(Cl)cn1C.I.